The van der Waals surface area contributed by atoms with E-state index in [4.69, 9.17) is 0 Å². The molecule has 1 aliphatic heterocycles. The molecule has 0 radical (unpaired) electrons. The number of aliphatic hydroxyl groups is 1. The topological polar surface area (TPSA) is 117 Å². The van der Waals surface area contributed by atoms with Gasteiger partial charge in [-0.15, -0.1) is 11.3 Å². The van der Waals surface area contributed by atoms with Crippen LogP contribution in [0, 0.1) is 18.2 Å². The minimum atomic E-state index is -0.652. The van der Waals surface area contributed by atoms with Crippen LogP contribution in [-0.4, -0.2) is 48.6 Å². The molecule has 3 N–H and O–H groups in total. The molecule has 10 nitrogen and oxygen atoms in total. The van der Waals surface area contributed by atoms with Crippen LogP contribution >= 0.6 is 11.3 Å². The first-order chi connectivity index (χ1) is 19.9. The molecular weight excluding hydrogens is 557 g/mol. The van der Waals surface area contributed by atoms with Crippen molar-refractivity contribution in [1.82, 2.24) is 24.5 Å². The average Bonchev–Trinajstić information content (AvgIpc) is 3.53. The zero-order valence-electron chi connectivity index (χ0n) is 24.3. The molecule has 1 saturated heterocycles. The van der Waals surface area contributed by atoms with E-state index in [1.54, 1.807) is 29.8 Å². The van der Waals surface area contributed by atoms with Gasteiger partial charge in [0.2, 0.25) is 0 Å². The Morgan fingerprint density at radius 3 is 2.62 bits per heavy atom. The highest BCUT2D eigenvalue weighted by atomic mass is 32.1. The SMILES string of the molecule is Cc1ccc(-c2cc(Nc3cc(CN4CCC4)n(C)n3)c(=O)n(C)n2)c(F)c1NC(=O)c1cc2c(s1)CC(C)(C)[C@H]2O. The molecule has 220 valence electrons. The molecule has 6 rings (SSSR count). The summed E-state index contributed by atoms with van der Waals surface area (Å²) in [5, 5.41) is 25.3. The second-order valence-electron chi connectivity index (χ2n) is 11.9. The van der Waals surface area contributed by atoms with Crippen molar-refractivity contribution in [2.24, 2.45) is 19.5 Å². The first kappa shape index (κ1) is 28.3. The molecule has 4 aromatic rings. The average molecular weight is 592 g/mol. The van der Waals surface area contributed by atoms with Crippen LogP contribution in [-0.2, 0) is 27.1 Å². The lowest BCUT2D eigenvalue weighted by Gasteiger charge is -2.30. The number of likely N-dealkylation sites (tertiary alicyclic amines) is 1. The largest absolute Gasteiger partial charge is 0.388 e. The molecular formula is C30H34FN7O3S. The van der Waals surface area contributed by atoms with E-state index in [0.717, 1.165) is 40.5 Å². The number of aromatic nitrogens is 4. The van der Waals surface area contributed by atoms with E-state index in [0.29, 0.717) is 22.7 Å². The minimum absolute atomic E-state index is 0.0393. The van der Waals surface area contributed by atoms with E-state index in [1.807, 2.05) is 27.0 Å². The standard InChI is InChI=1S/C30H34FN7O3S/c1-16-7-8-18(25(31)26(16)33-28(40)22-12-19-23(42-22)14-30(2,3)27(19)39)20-13-21(29(41)37(5)34-20)32-24-11-17(36(4)35-24)15-38-9-6-10-38/h7-8,11-13,27,39H,6,9-10,14-15H2,1-5H3,(H,32,35)(H,33,40)/t27-/m0/s1. The number of rotatable bonds is 7. The number of thiophene rings is 1. The summed E-state index contributed by atoms with van der Waals surface area (Å²) in [6, 6.07) is 8.39. The number of hydrogen-bond donors (Lipinski definition) is 3. The number of halogens is 1. The lowest BCUT2D eigenvalue weighted by molar-refractivity contribution is 0.0665. The molecule has 3 aromatic heterocycles. The summed E-state index contributed by atoms with van der Waals surface area (Å²) in [5.41, 5.74) is 2.26. The minimum Gasteiger partial charge on any atom is -0.388 e. The maximum absolute atomic E-state index is 16.0. The Morgan fingerprint density at radius 1 is 1.17 bits per heavy atom. The van der Waals surface area contributed by atoms with Crippen molar-refractivity contribution < 1.29 is 14.3 Å². The van der Waals surface area contributed by atoms with Gasteiger partial charge in [-0.05, 0) is 67.6 Å². The summed E-state index contributed by atoms with van der Waals surface area (Å²) >= 11 is 1.32. The van der Waals surface area contributed by atoms with E-state index in [2.05, 4.69) is 25.7 Å². The molecule has 0 unspecified atom stereocenters. The van der Waals surface area contributed by atoms with Crippen molar-refractivity contribution in [3.8, 4) is 11.3 Å². The Labute approximate surface area is 246 Å². The van der Waals surface area contributed by atoms with Gasteiger partial charge in [0.25, 0.3) is 11.5 Å². The molecule has 2 aliphatic rings. The second kappa shape index (κ2) is 10.4. The molecule has 0 saturated carbocycles. The summed E-state index contributed by atoms with van der Waals surface area (Å²) < 4.78 is 18.9. The Morgan fingerprint density at radius 2 is 1.93 bits per heavy atom. The van der Waals surface area contributed by atoms with Gasteiger partial charge >= 0.3 is 0 Å². The number of aryl methyl sites for hydroxylation is 3. The van der Waals surface area contributed by atoms with Crippen LogP contribution in [0.25, 0.3) is 11.3 Å². The number of carbonyl (C=O) groups excluding carboxylic acids is 1. The van der Waals surface area contributed by atoms with Gasteiger partial charge in [-0.3, -0.25) is 19.2 Å². The van der Waals surface area contributed by atoms with Crippen LogP contribution in [0.3, 0.4) is 0 Å². The van der Waals surface area contributed by atoms with Crippen molar-refractivity contribution in [2.75, 3.05) is 23.7 Å². The van der Waals surface area contributed by atoms with E-state index in [1.165, 1.54) is 30.9 Å². The van der Waals surface area contributed by atoms with Crippen molar-refractivity contribution in [2.45, 2.75) is 46.3 Å². The van der Waals surface area contributed by atoms with Crippen LogP contribution in [0.4, 0.5) is 21.6 Å². The zero-order chi connectivity index (χ0) is 29.9. The van der Waals surface area contributed by atoms with Crippen molar-refractivity contribution in [1.29, 1.82) is 0 Å². The van der Waals surface area contributed by atoms with Gasteiger partial charge in [-0.25, -0.2) is 9.07 Å². The van der Waals surface area contributed by atoms with Gasteiger partial charge in [-0.2, -0.15) is 10.2 Å². The highest BCUT2D eigenvalue weighted by Gasteiger charge is 2.40. The number of benzene rings is 1. The van der Waals surface area contributed by atoms with Crippen LogP contribution in [0.15, 0.2) is 35.1 Å². The van der Waals surface area contributed by atoms with E-state index in [-0.39, 0.29) is 33.6 Å². The maximum atomic E-state index is 16.0. The summed E-state index contributed by atoms with van der Waals surface area (Å²) in [6.07, 6.45) is 1.22. The van der Waals surface area contributed by atoms with Gasteiger partial charge in [0.1, 0.15) is 5.69 Å². The normalized spacial score (nSPS) is 17.6. The third-order valence-corrected chi connectivity index (χ3v) is 9.37. The van der Waals surface area contributed by atoms with Crippen LogP contribution < -0.4 is 16.2 Å². The Kier molecular flexibility index (Phi) is 7.03. The summed E-state index contributed by atoms with van der Waals surface area (Å²) in [6.45, 7) is 8.59. The van der Waals surface area contributed by atoms with Crippen LogP contribution in [0.5, 0.6) is 0 Å². The fourth-order valence-corrected chi connectivity index (χ4v) is 6.83. The van der Waals surface area contributed by atoms with Crippen molar-refractivity contribution >= 4 is 34.4 Å². The number of amides is 1. The number of fused-ring (bicyclic) bond motifs is 1. The first-order valence-electron chi connectivity index (χ1n) is 13.9. The van der Waals surface area contributed by atoms with Crippen molar-refractivity contribution in [3.05, 3.63) is 73.1 Å². The predicted octanol–water partition coefficient (Wildman–Crippen LogP) is 4.51. The summed E-state index contributed by atoms with van der Waals surface area (Å²) in [5.74, 6) is -0.588. The monoisotopic (exact) mass is 591 g/mol. The lowest BCUT2D eigenvalue weighted by atomic mass is 9.88. The van der Waals surface area contributed by atoms with Crippen LogP contribution in [0.2, 0.25) is 0 Å². The number of hydrogen-bond acceptors (Lipinski definition) is 8. The quantitative estimate of drug-likeness (QED) is 0.290. The fourth-order valence-electron chi connectivity index (χ4n) is 5.51. The van der Waals surface area contributed by atoms with Crippen LogP contribution in [0.1, 0.15) is 57.7 Å². The summed E-state index contributed by atoms with van der Waals surface area (Å²) in [7, 11) is 3.37. The Balaban J connectivity index is 1.27. The van der Waals surface area contributed by atoms with Gasteiger partial charge in [0.05, 0.1) is 28.1 Å². The molecule has 42 heavy (non-hydrogen) atoms. The van der Waals surface area contributed by atoms with E-state index < -0.39 is 17.8 Å². The first-order valence-corrected chi connectivity index (χ1v) is 14.7. The number of nitrogens with one attached hydrogen (secondary N) is 2. The Bertz CT molecular complexity index is 1770. The molecule has 0 spiro atoms. The van der Waals surface area contributed by atoms with Gasteiger partial charge in [0, 0.05) is 37.1 Å². The zero-order valence-corrected chi connectivity index (χ0v) is 25.1. The highest BCUT2D eigenvalue weighted by molar-refractivity contribution is 7.14. The van der Waals surface area contributed by atoms with Gasteiger partial charge in [0.15, 0.2) is 11.6 Å². The fraction of sp³-hybridized carbons (Fsp3) is 0.400. The number of carbonyl (C=O) groups is 1. The third-order valence-electron chi connectivity index (χ3n) is 8.22. The summed E-state index contributed by atoms with van der Waals surface area (Å²) in [4.78, 5) is 29.8. The predicted molar refractivity (Wildman–Crippen MR) is 161 cm³/mol. The molecule has 1 atom stereocenters. The molecule has 1 aliphatic carbocycles. The molecule has 0 bridgehead atoms. The highest BCUT2D eigenvalue weighted by Crippen LogP contribution is 2.48. The number of nitrogens with zero attached hydrogens (tertiary/aromatic N) is 5. The number of anilines is 3. The molecule has 1 aromatic carbocycles. The third kappa shape index (κ3) is 5.03. The lowest BCUT2D eigenvalue weighted by Crippen LogP contribution is -2.36. The van der Waals surface area contributed by atoms with E-state index in [9.17, 15) is 14.7 Å². The van der Waals surface area contributed by atoms with E-state index >= 15 is 4.39 Å². The molecule has 1 amide bonds. The Hall–Kier alpha value is -3.87. The molecule has 1 fully saturated rings. The molecule has 12 heteroatoms. The second-order valence-corrected chi connectivity index (χ2v) is 13.0. The van der Waals surface area contributed by atoms with Gasteiger partial charge < -0.3 is 15.7 Å². The smallest absolute Gasteiger partial charge is 0.290 e. The number of aliphatic hydroxyl groups excluding tert-OH is 1. The van der Waals surface area contributed by atoms with Gasteiger partial charge in [-0.1, -0.05) is 19.9 Å². The maximum Gasteiger partial charge on any atom is 0.290 e. The molecule has 4 heterocycles. The van der Waals surface area contributed by atoms with Crippen molar-refractivity contribution in [3.63, 3.8) is 0 Å².